The van der Waals surface area contributed by atoms with Crippen LogP contribution in [-0.4, -0.2) is 45.0 Å². The highest BCUT2D eigenvalue weighted by Crippen LogP contribution is 2.23. The van der Waals surface area contributed by atoms with E-state index in [1.54, 1.807) is 28.6 Å². The van der Waals surface area contributed by atoms with Crippen molar-refractivity contribution >= 4 is 10.0 Å². The summed E-state index contributed by atoms with van der Waals surface area (Å²) < 4.78 is 32.1. The fourth-order valence-corrected chi connectivity index (χ4v) is 3.87. The zero-order chi connectivity index (χ0) is 13.9. The smallest absolute Gasteiger partial charge is 0.243 e. The highest BCUT2D eigenvalue weighted by Gasteiger charge is 2.30. The summed E-state index contributed by atoms with van der Waals surface area (Å²) in [6, 6.07) is 6.66. The molecule has 1 aliphatic heterocycles. The molecule has 0 amide bonds. The summed E-state index contributed by atoms with van der Waals surface area (Å²) in [5, 5.41) is 3.19. The van der Waals surface area contributed by atoms with E-state index in [0.717, 1.165) is 0 Å². The summed E-state index contributed by atoms with van der Waals surface area (Å²) in [6.07, 6.45) is 0. The Kier molecular flexibility index (Phi) is 4.44. The Balaban J connectivity index is 2.30. The van der Waals surface area contributed by atoms with Crippen molar-refractivity contribution < 1.29 is 13.2 Å². The Hall–Kier alpha value is -1.11. The predicted molar refractivity (Wildman–Crippen MR) is 73.8 cm³/mol. The van der Waals surface area contributed by atoms with E-state index in [2.05, 4.69) is 5.32 Å². The first kappa shape index (κ1) is 14.3. The van der Waals surface area contributed by atoms with Gasteiger partial charge in [0.25, 0.3) is 0 Å². The number of nitrogens with one attached hydrogen (secondary N) is 1. The minimum atomic E-state index is -3.44. The molecule has 19 heavy (non-hydrogen) atoms. The number of ether oxygens (including phenoxy) is 1. The minimum Gasteiger partial charge on any atom is -0.494 e. The van der Waals surface area contributed by atoms with Crippen LogP contribution in [0.2, 0.25) is 0 Å². The molecule has 1 aromatic rings. The van der Waals surface area contributed by atoms with Crippen molar-refractivity contribution in [2.24, 2.45) is 0 Å². The van der Waals surface area contributed by atoms with E-state index in [1.807, 2.05) is 13.8 Å². The number of nitrogens with zero attached hydrogens (tertiary/aromatic N) is 1. The maximum Gasteiger partial charge on any atom is 0.243 e. The predicted octanol–water partition coefficient (Wildman–Crippen LogP) is 1.07. The third-order valence-corrected chi connectivity index (χ3v) is 5.17. The standard InChI is InChI=1S/C13H20N2O3S/c1-3-18-12-5-4-6-13(9-12)19(16,17)15-8-7-14-10-11(15)2/h4-6,9,11,14H,3,7-8,10H2,1-2H3/t11-/m1/s1. The Morgan fingerprint density at radius 2 is 2.26 bits per heavy atom. The molecule has 1 aliphatic rings. The maximum atomic E-state index is 12.6. The van der Waals surface area contributed by atoms with Crippen molar-refractivity contribution in [1.82, 2.24) is 9.62 Å². The van der Waals surface area contributed by atoms with Gasteiger partial charge >= 0.3 is 0 Å². The summed E-state index contributed by atoms with van der Waals surface area (Å²) in [6.45, 7) is 6.19. The van der Waals surface area contributed by atoms with E-state index in [-0.39, 0.29) is 6.04 Å². The SMILES string of the molecule is CCOc1cccc(S(=O)(=O)N2CCNC[C@H]2C)c1. The zero-order valence-corrected chi connectivity index (χ0v) is 12.1. The van der Waals surface area contributed by atoms with Gasteiger partial charge in [-0.15, -0.1) is 0 Å². The van der Waals surface area contributed by atoms with Crippen molar-refractivity contribution in [1.29, 1.82) is 0 Å². The summed E-state index contributed by atoms with van der Waals surface area (Å²) in [5.74, 6) is 0.589. The largest absolute Gasteiger partial charge is 0.494 e. The molecule has 1 atom stereocenters. The van der Waals surface area contributed by atoms with Crippen molar-refractivity contribution in [2.45, 2.75) is 24.8 Å². The molecule has 0 aliphatic carbocycles. The number of sulfonamides is 1. The average Bonchev–Trinajstić information content (AvgIpc) is 2.40. The van der Waals surface area contributed by atoms with Crippen LogP contribution in [0.4, 0.5) is 0 Å². The Labute approximate surface area is 114 Å². The van der Waals surface area contributed by atoms with E-state index in [1.165, 1.54) is 0 Å². The Morgan fingerprint density at radius 1 is 1.47 bits per heavy atom. The molecular formula is C13H20N2O3S. The molecular weight excluding hydrogens is 264 g/mol. The first-order chi connectivity index (χ1) is 9.05. The van der Waals surface area contributed by atoms with Crippen LogP contribution >= 0.6 is 0 Å². The Morgan fingerprint density at radius 3 is 2.95 bits per heavy atom. The summed E-state index contributed by atoms with van der Waals surface area (Å²) in [7, 11) is -3.44. The van der Waals surface area contributed by atoms with Crippen molar-refractivity contribution in [2.75, 3.05) is 26.2 Å². The monoisotopic (exact) mass is 284 g/mol. The normalized spacial score (nSPS) is 21.3. The molecule has 0 saturated carbocycles. The van der Waals surface area contributed by atoms with Crippen molar-refractivity contribution in [3.05, 3.63) is 24.3 Å². The molecule has 2 rings (SSSR count). The van der Waals surface area contributed by atoms with Gasteiger partial charge in [0.2, 0.25) is 10.0 Å². The van der Waals surface area contributed by atoms with Crippen molar-refractivity contribution in [3.63, 3.8) is 0 Å². The van der Waals surface area contributed by atoms with Gasteiger partial charge in [-0.25, -0.2) is 8.42 Å². The second kappa shape index (κ2) is 5.90. The van der Waals surface area contributed by atoms with Gasteiger partial charge in [0.15, 0.2) is 0 Å². The molecule has 0 spiro atoms. The molecule has 0 unspecified atom stereocenters. The lowest BCUT2D eigenvalue weighted by molar-refractivity contribution is 0.283. The number of hydrogen-bond donors (Lipinski definition) is 1. The fraction of sp³-hybridized carbons (Fsp3) is 0.538. The van der Waals surface area contributed by atoms with E-state index in [0.29, 0.717) is 36.9 Å². The number of piperazine rings is 1. The van der Waals surface area contributed by atoms with Crippen molar-refractivity contribution in [3.8, 4) is 5.75 Å². The van der Waals surface area contributed by atoms with Crippen LogP contribution in [-0.2, 0) is 10.0 Å². The van der Waals surface area contributed by atoms with Crippen LogP contribution in [0.3, 0.4) is 0 Å². The van der Waals surface area contributed by atoms with E-state index < -0.39 is 10.0 Å². The summed E-state index contributed by atoms with van der Waals surface area (Å²) in [4.78, 5) is 0.298. The van der Waals surface area contributed by atoms with Crippen LogP contribution in [0.15, 0.2) is 29.2 Å². The molecule has 1 saturated heterocycles. The second-order valence-corrected chi connectivity index (χ2v) is 6.47. The number of rotatable bonds is 4. The maximum absolute atomic E-state index is 12.6. The molecule has 6 heteroatoms. The molecule has 0 radical (unpaired) electrons. The van der Waals surface area contributed by atoms with Gasteiger partial charge in [0, 0.05) is 31.7 Å². The molecule has 0 bridgehead atoms. The molecule has 1 heterocycles. The lowest BCUT2D eigenvalue weighted by atomic mass is 10.3. The molecule has 1 fully saturated rings. The molecule has 0 aromatic heterocycles. The minimum absolute atomic E-state index is 0.0329. The average molecular weight is 284 g/mol. The third-order valence-electron chi connectivity index (χ3n) is 3.16. The van der Waals surface area contributed by atoms with Crippen LogP contribution in [0, 0.1) is 0 Å². The number of hydrogen-bond acceptors (Lipinski definition) is 4. The topological polar surface area (TPSA) is 58.6 Å². The molecule has 5 nitrogen and oxygen atoms in total. The van der Waals surface area contributed by atoms with Gasteiger partial charge in [0.05, 0.1) is 11.5 Å². The van der Waals surface area contributed by atoms with Gasteiger partial charge in [-0.3, -0.25) is 0 Å². The molecule has 1 aromatic carbocycles. The first-order valence-corrected chi connectivity index (χ1v) is 7.95. The lowest BCUT2D eigenvalue weighted by Gasteiger charge is -2.32. The molecule has 1 N–H and O–H groups in total. The number of benzene rings is 1. The highest BCUT2D eigenvalue weighted by molar-refractivity contribution is 7.89. The van der Waals surface area contributed by atoms with Crippen LogP contribution in [0.5, 0.6) is 5.75 Å². The van der Waals surface area contributed by atoms with Crippen LogP contribution in [0.25, 0.3) is 0 Å². The third kappa shape index (κ3) is 3.08. The zero-order valence-electron chi connectivity index (χ0n) is 11.3. The quantitative estimate of drug-likeness (QED) is 0.898. The van der Waals surface area contributed by atoms with E-state index in [9.17, 15) is 8.42 Å². The summed E-state index contributed by atoms with van der Waals surface area (Å²) >= 11 is 0. The van der Waals surface area contributed by atoms with E-state index >= 15 is 0 Å². The fourth-order valence-electron chi connectivity index (χ4n) is 2.21. The highest BCUT2D eigenvalue weighted by atomic mass is 32.2. The summed E-state index contributed by atoms with van der Waals surface area (Å²) in [5.41, 5.74) is 0. The van der Waals surface area contributed by atoms with E-state index in [4.69, 9.17) is 4.74 Å². The van der Waals surface area contributed by atoms with Gasteiger partial charge < -0.3 is 10.1 Å². The van der Waals surface area contributed by atoms with Gasteiger partial charge in [-0.2, -0.15) is 4.31 Å². The van der Waals surface area contributed by atoms with Gasteiger partial charge in [-0.05, 0) is 26.0 Å². The Bertz CT molecular complexity index is 530. The molecule has 106 valence electrons. The van der Waals surface area contributed by atoms with Crippen LogP contribution in [0.1, 0.15) is 13.8 Å². The lowest BCUT2D eigenvalue weighted by Crippen LogP contribution is -2.52. The van der Waals surface area contributed by atoms with Gasteiger partial charge in [-0.1, -0.05) is 6.07 Å². The van der Waals surface area contributed by atoms with Gasteiger partial charge in [0.1, 0.15) is 5.75 Å². The van der Waals surface area contributed by atoms with Crippen LogP contribution < -0.4 is 10.1 Å². The first-order valence-electron chi connectivity index (χ1n) is 6.51. The second-order valence-electron chi connectivity index (χ2n) is 4.58.